The number of hydrogen-bond acceptors (Lipinski definition) is 6. The first-order valence-electron chi connectivity index (χ1n) is 17.0. The first-order chi connectivity index (χ1) is 22.2. The van der Waals surface area contributed by atoms with Crippen molar-refractivity contribution in [2.75, 3.05) is 0 Å². The van der Waals surface area contributed by atoms with E-state index >= 15 is 0 Å². The average molecular weight is 639 g/mol. The minimum absolute atomic E-state index is 0.0746. The van der Waals surface area contributed by atoms with Gasteiger partial charge in [0.25, 0.3) is 11.8 Å². The number of carbonyl (C=O) groups is 4. The Hall–Kier alpha value is -4.08. The molecule has 0 aliphatic rings. The smallest absolute Gasteiger partial charge is 0.273 e. The van der Waals surface area contributed by atoms with Crippen molar-refractivity contribution >= 4 is 23.6 Å². The molecule has 2 rings (SSSR count). The Balaban J connectivity index is 1.89. The summed E-state index contributed by atoms with van der Waals surface area (Å²) < 4.78 is 0. The molecule has 6 N–H and O–H groups in total. The minimum Gasteiger partial charge on any atom is -0.507 e. The molecular weight excluding hydrogens is 584 g/mol. The van der Waals surface area contributed by atoms with Crippen molar-refractivity contribution in [1.82, 2.24) is 21.7 Å². The molecule has 0 fully saturated rings. The number of hydrazine groups is 2. The molecule has 2 aromatic rings. The fourth-order valence-electron chi connectivity index (χ4n) is 5.36. The maximum absolute atomic E-state index is 13.1. The SMILES string of the molecule is CCCCCCC(CCCC(=O)NNC(=O)c1cccc(CCCCC)c1O)C(=O)NNC(=O)c1cccc(CCCCC)c1O. The van der Waals surface area contributed by atoms with E-state index in [-0.39, 0.29) is 35.0 Å². The molecule has 0 spiro atoms. The molecule has 0 bridgehead atoms. The lowest BCUT2D eigenvalue weighted by Crippen LogP contribution is -2.44. The molecule has 10 heteroatoms. The molecule has 0 saturated carbocycles. The molecule has 0 aliphatic heterocycles. The maximum Gasteiger partial charge on any atom is 0.273 e. The average Bonchev–Trinajstić information content (AvgIpc) is 3.05. The quantitative estimate of drug-likeness (QED) is 0.0714. The number of rotatable bonds is 20. The van der Waals surface area contributed by atoms with E-state index < -0.39 is 23.6 Å². The maximum atomic E-state index is 13.1. The van der Waals surface area contributed by atoms with E-state index in [0.29, 0.717) is 43.2 Å². The fourth-order valence-corrected chi connectivity index (χ4v) is 5.36. The fraction of sp³-hybridized carbons (Fsp3) is 0.556. The zero-order valence-electron chi connectivity index (χ0n) is 27.9. The van der Waals surface area contributed by atoms with Crippen LogP contribution in [0.15, 0.2) is 36.4 Å². The molecule has 0 aromatic heterocycles. The van der Waals surface area contributed by atoms with Gasteiger partial charge in [0, 0.05) is 12.3 Å². The van der Waals surface area contributed by atoms with Crippen molar-refractivity contribution in [3.63, 3.8) is 0 Å². The van der Waals surface area contributed by atoms with Gasteiger partial charge >= 0.3 is 0 Å². The van der Waals surface area contributed by atoms with Crippen LogP contribution in [0.5, 0.6) is 11.5 Å². The first kappa shape index (κ1) is 38.1. The second-order valence-electron chi connectivity index (χ2n) is 11.9. The highest BCUT2D eigenvalue weighted by Gasteiger charge is 2.21. The number of aromatic hydroxyl groups is 2. The van der Waals surface area contributed by atoms with Crippen LogP contribution < -0.4 is 21.7 Å². The highest BCUT2D eigenvalue weighted by Crippen LogP contribution is 2.25. The summed E-state index contributed by atoms with van der Waals surface area (Å²) in [6.45, 7) is 6.30. The van der Waals surface area contributed by atoms with Gasteiger partial charge in [-0.2, -0.15) is 0 Å². The van der Waals surface area contributed by atoms with Crippen LogP contribution in [0, 0.1) is 5.92 Å². The van der Waals surface area contributed by atoms with E-state index in [9.17, 15) is 29.4 Å². The minimum atomic E-state index is -0.607. The monoisotopic (exact) mass is 638 g/mol. The predicted molar refractivity (Wildman–Crippen MR) is 180 cm³/mol. The highest BCUT2D eigenvalue weighted by atomic mass is 16.3. The molecule has 0 radical (unpaired) electrons. The van der Waals surface area contributed by atoms with Crippen LogP contribution in [0.2, 0.25) is 0 Å². The molecular formula is C36H54N4O6. The van der Waals surface area contributed by atoms with Crippen LogP contribution in [0.4, 0.5) is 0 Å². The lowest BCUT2D eigenvalue weighted by Gasteiger charge is -2.18. The van der Waals surface area contributed by atoms with Crippen LogP contribution in [-0.2, 0) is 22.4 Å². The number of phenolic OH excluding ortho intramolecular Hbond substituents is 2. The summed E-state index contributed by atoms with van der Waals surface area (Å²) in [6.07, 6.45) is 12.7. The van der Waals surface area contributed by atoms with Gasteiger partial charge in [-0.25, -0.2) is 0 Å². The van der Waals surface area contributed by atoms with Gasteiger partial charge in [-0.1, -0.05) is 96.4 Å². The number of hydrogen-bond donors (Lipinski definition) is 6. The standard InChI is InChI=1S/C36H54N4O6/c1-4-7-10-13-19-28(34(44)38-40-36(46)30-24-15-21-27(33(30)43)18-12-9-6-3)22-16-25-31(41)37-39-35(45)29-23-14-20-26(32(29)42)17-11-8-5-2/h14-15,20-21,23-24,28,42-43H,4-13,16-19,22,25H2,1-3H3,(H,37,41)(H,38,44)(H,39,45)(H,40,46). The molecule has 46 heavy (non-hydrogen) atoms. The van der Waals surface area contributed by atoms with Crippen molar-refractivity contribution in [3.05, 3.63) is 58.7 Å². The molecule has 0 heterocycles. The van der Waals surface area contributed by atoms with Crippen molar-refractivity contribution in [2.45, 2.75) is 124 Å². The van der Waals surface area contributed by atoms with Crippen molar-refractivity contribution in [2.24, 2.45) is 5.92 Å². The van der Waals surface area contributed by atoms with Crippen LogP contribution in [0.25, 0.3) is 0 Å². The molecule has 1 unspecified atom stereocenters. The lowest BCUT2D eigenvalue weighted by molar-refractivity contribution is -0.127. The van der Waals surface area contributed by atoms with E-state index in [4.69, 9.17) is 0 Å². The normalized spacial score (nSPS) is 11.5. The van der Waals surface area contributed by atoms with Gasteiger partial charge in [0.15, 0.2) is 0 Å². The Bertz CT molecular complexity index is 1270. The van der Waals surface area contributed by atoms with Gasteiger partial charge < -0.3 is 10.2 Å². The summed E-state index contributed by atoms with van der Waals surface area (Å²) in [5.74, 6) is -2.56. The summed E-state index contributed by atoms with van der Waals surface area (Å²) in [7, 11) is 0. The van der Waals surface area contributed by atoms with Crippen LogP contribution in [0.1, 0.15) is 143 Å². The van der Waals surface area contributed by atoms with E-state index in [1.807, 2.05) is 0 Å². The molecule has 10 nitrogen and oxygen atoms in total. The Morgan fingerprint density at radius 3 is 1.59 bits per heavy atom. The highest BCUT2D eigenvalue weighted by molar-refractivity contribution is 5.99. The number of amides is 4. The number of aryl methyl sites for hydroxylation is 2. The molecule has 1 atom stereocenters. The lowest BCUT2D eigenvalue weighted by atomic mass is 9.94. The Morgan fingerprint density at radius 1 is 0.587 bits per heavy atom. The summed E-state index contributed by atoms with van der Waals surface area (Å²) in [5.41, 5.74) is 11.3. The third-order valence-electron chi connectivity index (χ3n) is 8.18. The largest absolute Gasteiger partial charge is 0.507 e. The summed E-state index contributed by atoms with van der Waals surface area (Å²) in [5, 5.41) is 21.2. The Morgan fingerprint density at radius 2 is 1.07 bits per heavy atom. The van der Waals surface area contributed by atoms with Crippen molar-refractivity contribution in [3.8, 4) is 11.5 Å². The van der Waals surface area contributed by atoms with E-state index in [2.05, 4.69) is 42.5 Å². The number of para-hydroxylation sites is 2. The number of benzene rings is 2. The van der Waals surface area contributed by atoms with Crippen molar-refractivity contribution in [1.29, 1.82) is 0 Å². The van der Waals surface area contributed by atoms with Gasteiger partial charge in [-0.3, -0.25) is 40.9 Å². The van der Waals surface area contributed by atoms with Gasteiger partial charge in [0.05, 0.1) is 11.1 Å². The summed E-state index contributed by atoms with van der Waals surface area (Å²) >= 11 is 0. The van der Waals surface area contributed by atoms with Crippen LogP contribution in [0.3, 0.4) is 0 Å². The molecule has 4 amide bonds. The third-order valence-corrected chi connectivity index (χ3v) is 8.18. The topological polar surface area (TPSA) is 157 Å². The second kappa shape index (κ2) is 21.6. The molecule has 0 aliphatic carbocycles. The number of phenols is 2. The second-order valence-corrected chi connectivity index (χ2v) is 11.9. The number of nitrogens with one attached hydrogen (secondary N) is 4. The van der Waals surface area contributed by atoms with Crippen molar-refractivity contribution < 1.29 is 29.4 Å². The predicted octanol–water partition coefficient (Wildman–Crippen LogP) is 6.54. The van der Waals surface area contributed by atoms with Gasteiger partial charge in [-0.15, -0.1) is 0 Å². The van der Waals surface area contributed by atoms with E-state index in [0.717, 1.165) is 64.2 Å². The first-order valence-corrected chi connectivity index (χ1v) is 17.0. The van der Waals surface area contributed by atoms with Gasteiger partial charge in [0.2, 0.25) is 11.8 Å². The number of unbranched alkanes of at least 4 members (excludes halogenated alkanes) is 7. The third kappa shape index (κ3) is 13.1. The Labute approximate surface area is 274 Å². The summed E-state index contributed by atoms with van der Waals surface area (Å²) in [4.78, 5) is 51.0. The zero-order chi connectivity index (χ0) is 33.7. The molecule has 254 valence electrons. The van der Waals surface area contributed by atoms with Gasteiger partial charge in [-0.05, 0) is 68.2 Å². The van der Waals surface area contributed by atoms with E-state index in [1.54, 1.807) is 24.3 Å². The van der Waals surface area contributed by atoms with E-state index in [1.165, 1.54) is 12.1 Å². The van der Waals surface area contributed by atoms with Crippen LogP contribution in [-0.4, -0.2) is 33.8 Å². The molecule has 0 saturated heterocycles. The summed E-state index contributed by atoms with van der Waals surface area (Å²) in [6, 6.07) is 10.0. The van der Waals surface area contributed by atoms with Crippen LogP contribution >= 0.6 is 0 Å². The van der Waals surface area contributed by atoms with Gasteiger partial charge in [0.1, 0.15) is 11.5 Å². The molecule has 2 aromatic carbocycles. The number of carbonyl (C=O) groups excluding carboxylic acids is 4. The Kier molecular flexibility index (Phi) is 17.9. The zero-order valence-corrected chi connectivity index (χ0v) is 27.9.